The van der Waals surface area contributed by atoms with Crippen molar-refractivity contribution in [1.82, 2.24) is 14.5 Å². The fraction of sp³-hybridized carbons (Fsp3) is 0.208. The van der Waals surface area contributed by atoms with Gasteiger partial charge in [0.2, 0.25) is 11.9 Å². The minimum Gasteiger partial charge on any atom is -0.488 e. The van der Waals surface area contributed by atoms with Crippen LogP contribution in [0.4, 0.5) is 10.2 Å². The van der Waals surface area contributed by atoms with Gasteiger partial charge in [0, 0.05) is 23.2 Å². The zero-order chi connectivity index (χ0) is 22.2. The topological polar surface area (TPSA) is 95.1 Å². The summed E-state index contributed by atoms with van der Waals surface area (Å²) in [5, 5.41) is 4.04. The van der Waals surface area contributed by atoms with Crippen LogP contribution in [-0.4, -0.2) is 27.0 Å². The Morgan fingerprint density at radius 3 is 2.88 bits per heavy atom. The Hall–Kier alpha value is -3.94. The minimum absolute atomic E-state index is 0.286. The normalized spacial score (nSPS) is 12.9. The van der Waals surface area contributed by atoms with E-state index >= 15 is 0 Å². The van der Waals surface area contributed by atoms with Crippen LogP contribution in [-0.2, 0) is 13.0 Å². The van der Waals surface area contributed by atoms with Gasteiger partial charge in [-0.1, -0.05) is 18.2 Å². The van der Waals surface area contributed by atoms with E-state index in [9.17, 15) is 9.18 Å². The number of hydrogen-bond donors (Lipinski definition) is 2. The van der Waals surface area contributed by atoms with Crippen LogP contribution in [0.15, 0.2) is 48.5 Å². The molecule has 0 atom stereocenters. The molecule has 3 heterocycles. The smallest absolute Gasteiger partial charge is 0.249 e. The first kappa shape index (κ1) is 20.0. The van der Waals surface area contributed by atoms with Crippen molar-refractivity contribution in [2.24, 2.45) is 5.73 Å². The number of hydrogen-bond acceptors (Lipinski definition) is 5. The van der Waals surface area contributed by atoms with E-state index in [-0.39, 0.29) is 5.82 Å². The number of rotatable bonds is 5. The first-order valence-corrected chi connectivity index (χ1v) is 10.4. The molecular weight excluding hydrogens is 409 g/mol. The van der Waals surface area contributed by atoms with Crippen LogP contribution in [0.1, 0.15) is 33.7 Å². The van der Waals surface area contributed by atoms with Gasteiger partial charge in [-0.25, -0.2) is 9.37 Å². The van der Waals surface area contributed by atoms with Crippen LogP contribution >= 0.6 is 0 Å². The number of anilines is 1. The van der Waals surface area contributed by atoms with Crippen LogP contribution in [0.3, 0.4) is 0 Å². The summed E-state index contributed by atoms with van der Waals surface area (Å²) in [5.41, 5.74) is 9.30. The minimum atomic E-state index is -0.482. The van der Waals surface area contributed by atoms with E-state index in [1.807, 2.05) is 29.7 Å². The highest BCUT2D eigenvalue weighted by Crippen LogP contribution is 2.33. The van der Waals surface area contributed by atoms with E-state index in [0.717, 1.165) is 40.7 Å². The fourth-order valence-corrected chi connectivity index (χ4v) is 4.11. The average Bonchev–Trinajstić information content (AvgIpc) is 3.13. The van der Waals surface area contributed by atoms with Crippen molar-refractivity contribution in [1.29, 1.82) is 0 Å². The lowest BCUT2D eigenvalue weighted by molar-refractivity contribution is 0.100. The van der Waals surface area contributed by atoms with Crippen molar-refractivity contribution >= 4 is 22.6 Å². The number of aryl methyl sites for hydroxylation is 2. The van der Waals surface area contributed by atoms with Gasteiger partial charge in [0.05, 0.1) is 17.8 Å². The van der Waals surface area contributed by atoms with E-state index < -0.39 is 5.91 Å². The second kappa shape index (κ2) is 7.96. The van der Waals surface area contributed by atoms with Gasteiger partial charge < -0.3 is 15.8 Å². The van der Waals surface area contributed by atoms with Gasteiger partial charge in [0.15, 0.2) is 11.6 Å². The molecule has 0 saturated carbocycles. The fourth-order valence-electron chi connectivity index (χ4n) is 4.11. The Labute approximate surface area is 184 Å². The van der Waals surface area contributed by atoms with Crippen LogP contribution in [0.2, 0.25) is 0 Å². The van der Waals surface area contributed by atoms with Gasteiger partial charge in [-0.15, -0.1) is 0 Å². The molecule has 0 bridgehead atoms. The van der Waals surface area contributed by atoms with Crippen molar-refractivity contribution in [2.75, 3.05) is 11.9 Å². The number of primary amides is 1. The number of benzene rings is 2. The quantitative estimate of drug-likeness (QED) is 0.500. The summed E-state index contributed by atoms with van der Waals surface area (Å²) < 4.78 is 21.4. The molecule has 0 spiro atoms. The predicted molar refractivity (Wildman–Crippen MR) is 120 cm³/mol. The largest absolute Gasteiger partial charge is 0.488 e. The van der Waals surface area contributed by atoms with Crippen molar-refractivity contribution < 1.29 is 13.9 Å². The van der Waals surface area contributed by atoms with Crippen LogP contribution in [0.25, 0.3) is 16.9 Å². The molecule has 1 amide bonds. The molecule has 2 aromatic carbocycles. The maximum absolute atomic E-state index is 13.6. The second-order valence-corrected chi connectivity index (χ2v) is 7.81. The monoisotopic (exact) mass is 431 g/mol. The van der Waals surface area contributed by atoms with Gasteiger partial charge in [0.1, 0.15) is 5.82 Å². The van der Waals surface area contributed by atoms with Gasteiger partial charge in [-0.2, -0.15) is 4.98 Å². The number of carbonyl (C=O) groups excluding carboxylic acids is 1. The van der Waals surface area contributed by atoms with Crippen LogP contribution in [0, 0.1) is 12.7 Å². The summed E-state index contributed by atoms with van der Waals surface area (Å²) in [6.07, 6.45) is 1.63. The third kappa shape index (κ3) is 3.53. The molecule has 0 aliphatic carbocycles. The lowest BCUT2D eigenvalue weighted by atomic mass is 10.1. The molecule has 32 heavy (non-hydrogen) atoms. The Balaban J connectivity index is 1.61. The summed E-state index contributed by atoms with van der Waals surface area (Å²) in [5.74, 6) is 0.894. The van der Waals surface area contributed by atoms with E-state index in [4.69, 9.17) is 20.4 Å². The lowest BCUT2D eigenvalue weighted by Crippen LogP contribution is -2.17. The molecule has 7 nitrogen and oxygen atoms in total. The highest BCUT2D eigenvalue weighted by atomic mass is 19.1. The summed E-state index contributed by atoms with van der Waals surface area (Å²) in [6.45, 7) is 2.92. The Morgan fingerprint density at radius 1 is 1.22 bits per heavy atom. The third-order valence-electron chi connectivity index (χ3n) is 5.57. The Morgan fingerprint density at radius 2 is 2.06 bits per heavy atom. The maximum Gasteiger partial charge on any atom is 0.249 e. The van der Waals surface area contributed by atoms with Gasteiger partial charge in [-0.3, -0.25) is 9.36 Å². The summed E-state index contributed by atoms with van der Waals surface area (Å²) >= 11 is 0. The molecule has 1 aliphatic rings. The summed E-state index contributed by atoms with van der Waals surface area (Å²) in [6, 6.07) is 13.7. The molecule has 1 aliphatic heterocycles. The molecule has 8 heteroatoms. The molecule has 0 radical (unpaired) electrons. The maximum atomic E-state index is 13.6. The first-order valence-electron chi connectivity index (χ1n) is 10.4. The van der Waals surface area contributed by atoms with E-state index in [1.165, 1.54) is 12.1 Å². The molecule has 0 unspecified atom stereocenters. The molecule has 162 valence electrons. The second-order valence-electron chi connectivity index (χ2n) is 7.81. The van der Waals surface area contributed by atoms with E-state index in [0.29, 0.717) is 36.2 Å². The number of amides is 1. The Kier molecular flexibility index (Phi) is 4.97. The molecular formula is C24H22FN5O2. The van der Waals surface area contributed by atoms with Gasteiger partial charge >= 0.3 is 0 Å². The molecule has 5 rings (SSSR count). The zero-order valence-corrected chi connectivity index (χ0v) is 17.6. The van der Waals surface area contributed by atoms with Crippen LogP contribution < -0.4 is 15.8 Å². The van der Waals surface area contributed by atoms with E-state index in [1.54, 1.807) is 18.2 Å². The molecule has 0 saturated heterocycles. The third-order valence-corrected chi connectivity index (χ3v) is 5.57. The number of nitrogens with zero attached hydrogens (tertiary/aromatic N) is 3. The highest BCUT2D eigenvalue weighted by Gasteiger charge is 2.22. The zero-order valence-electron chi connectivity index (χ0n) is 17.6. The van der Waals surface area contributed by atoms with Crippen molar-refractivity contribution in [3.05, 3.63) is 76.9 Å². The average molecular weight is 431 g/mol. The first-order chi connectivity index (χ1) is 15.5. The number of carbonyl (C=O) groups is 1. The van der Waals surface area contributed by atoms with E-state index in [2.05, 4.69) is 5.32 Å². The van der Waals surface area contributed by atoms with Gasteiger partial charge in [-0.05, 0) is 55.7 Å². The van der Waals surface area contributed by atoms with Crippen LogP contribution in [0.5, 0.6) is 5.75 Å². The molecule has 0 fully saturated rings. The standard InChI is InChI=1S/C24H22FN5O2/c1-14-11-18-17(22(26)31)7-3-9-20(18)30(14)24-28-19-8-4-10-32-21(19)23(29-24)27-13-15-5-2-6-16(25)12-15/h2-3,5-7,9,11-12H,4,8,10,13H2,1H3,(H2,26,31)(H,27,28,29). The Bertz CT molecular complexity index is 1350. The number of fused-ring (bicyclic) bond motifs is 2. The molecule has 2 aromatic heterocycles. The number of halogens is 1. The predicted octanol–water partition coefficient (Wildman–Crippen LogP) is 3.90. The number of ether oxygens (including phenoxy) is 1. The summed E-state index contributed by atoms with van der Waals surface area (Å²) in [7, 11) is 0. The number of nitrogens with one attached hydrogen (secondary N) is 1. The van der Waals surface area contributed by atoms with Crippen molar-refractivity contribution in [2.45, 2.75) is 26.3 Å². The summed E-state index contributed by atoms with van der Waals surface area (Å²) in [4.78, 5) is 21.4. The van der Waals surface area contributed by atoms with Gasteiger partial charge in [0.25, 0.3) is 0 Å². The SMILES string of the molecule is Cc1cc2c(C(N)=O)cccc2n1-c1nc2c(c(NCc3cccc(F)c3)n1)OCCC2. The number of aromatic nitrogens is 3. The molecule has 3 N–H and O–H groups in total. The van der Waals surface area contributed by atoms with Crippen molar-refractivity contribution in [3.8, 4) is 11.7 Å². The number of nitrogens with two attached hydrogens (primary N) is 1. The van der Waals surface area contributed by atoms with Crippen molar-refractivity contribution in [3.63, 3.8) is 0 Å². The molecule has 4 aromatic rings. The lowest BCUT2D eigenvalue weighted by Gasteiger charge is -2.21. The highest BCUT2D eigenvalue weighted by molar-refractivity contribution is 6.06.